The van der Waals surface area contributed by atoms with Crippen molar-refractivity contribution >= 4 is 23.7 Å². The van der Waals surface area contributed by atoms with Crippen molar-refractivity contribution in [2.75, 3.05) is 5.43 Å². The zero-order chi connectivity index (χ0) is 11.3. The maximum Gasteiger partial charge on any atom is 0.335 e. The van der Waals surface area contributed by atoms with Crippen LogP contribution in [0.15, 0.2) is 29.4 Å². The Morgan fingerprint density at radius 2 is 1.93 bits per heavy atom. The van der Waals surface area contributed by atoms with Gasteiger partial charge < -0.3 is 5.11 Å². The van der Waals surface area contributed by atoms with Crippen LogP contribution in [0.25, 0.3) is 0 Å². The van der Waals surface area contributed by atoms with Crippen molar-refractivity contribution in [2.45, 2.75) is 6.92 Å². The standard InChI is InChI=1S/C10H10N2O3/c1-7(13)6-11-12-9-4-2-8(3-5-9)10(14)15/h2-6,12H,1H3,(H,14,15). The second-order valence-electron chi connectivity index (χ2n) is 2.86. The van der Waals surface area contributed by atoms with Crippen LogP contribution in [0.1, 0.15) is 17.3 Å². The highest BCUT2D eigenvalue weighted by molar-refractivity contribution is 6.26. The molecular formula is C10H10N2O3. The average molecular weight is 206 g/mol. The van der Waals surface area contributed by atoms with Crippen molar-refractivity contribution < 1.29 is 14.7 Å². The molecular weight excluding hydrogens is 196 g/mol. The molecule has 15 heavy (non-hydrogen) atoms. The molecule has 0 radical (unpaired) electrons. The fourth-order valence-electron chi connectivity index (χ4n) is 0.885. The molecule has 5 nitrogen and oxygen atoms in total. The van der Waals surface area contributed by atoms with Gasteiger partial charge in [0.1, 0.15) is 0 Å². The number of ketones is 1. The third-order valence-electron chi connectivity index (χ3n) is 1.57. The van der Waals surface area contributed by atoms with Crippen LogP contribution in [0.2, 0.25) is 0 Å². The Morgan fingerprint density at radius 1 is 1.33 bits per heavy atom. The monoisotopic (exact) mass is 206 g/mol. The van der Waals surface area contributed by atoms with Crippen LogP contribution in [0, 0.1) is 0 Å². The number of carboxylic acid groups (broad SMARTS) is 1. The number of carboxylic acids is 1. The number of anilines is 1. The molecule has 0 atom stereocenters. The molecule has 0 aliphatic carbocycles. The van der Waals surface area contributed by atoms with Gasteiger partial charge in [0.05, 0.1) is 17.5 Å². The summed E-state index contributed by atoms with van der Waals surface area (Å²) in [5.41, 5.74) is 3.43. The van der Waals surface area contributed by atoms with Gasteiger partial charge in [0.15, 0.2) is 5.78 Å². The van der Waals surface area contributed by atoms with Gasteiger partial charge in [0, 0.05) is 6.92 Å². The molecule has 78 valence electrons. The minimum atomic E-state index is -0.978. The van der Waals surface area contributed by atoms with Crippen LogP contribution < -0.4 is 5.43 Å². The SMILES string of the molecule is CC(=O)C=NNc1ccc(C(=O)O)cc1. The van der Waals surface area contributed by atoms with Crippen LogP contribution in [-0.2, 0) is 4.79 Å². The molecule has 0 spiro atoms. The number of rotatable bonds is 4. The van der Waals surface area contributed by atoms with Gasteiger partial charge in [0.25, 0.3) is 0 Å². The number of hydrazone groups is 1. The largest absolute Gasteiger partial charge is 0.478 e. The van der Waals surface area contributed by atoms with Crippen molar-refractivity contribution in [2.24, 2.45) is 5.10 Å². The quantitative estimate of drug-likeness (QED) is 0.576. The van der Waals surface area contributed by atoms with E-state index < -0.39 is 5.97 Å². The summed E-state index contributed by atoms with van der Waals surface area (Å²) in [6.45, 7) is 1.39. The van der Waals surface area contributed by atoms with Crippen LogP contribution in [0.4, 0.5) is 5.69 Å². The summed E-state index contributed by atoms with van der Waals surface area (Å²) < 4.78 is 0. The number of Topliss-reactive ketones (excluding diaryl/α,β-unsaturated/α-hetero) is 1. The van der Waals surface area contributed by atoms with Gasteiger partial charge >= 0.3 is 5.97 Å². The van der Waals surface area contributed by atoms with Crippen molar-refractivity contribution in [3.05, 3.63) is 29.8 Å². The molecule has 0 saturated heterocycles. The van der Waals surface area contributed by atoms with Crippen molar-refractivity contribution in [1.29, 1.82) is 0 Å². The summed E-state index contributed by atoms with van der Waals surface area (Å²) in [6.07, 6.45) is 1.14. The Kier molecular flexibility index (Phi) is 3.56. The zero-order valence-electron chi connectivity index (χ0n) is 8.10. The van der Waals surface area contributed by atoms with Gasteiger partial charge in [-0.25, -0.2) is 4.79 Å². The van der Waals surface area contributed by atoms with Gasteiger partial charge in [-0.2, -0.15) is 5.10 Å². The van der Waals surface area contributed by atoms with Crippen LogP contribution in [0.3, 0.4) is 0 Å². The molecule has 1 aromatic carbocycles. The first-order chi connectivity index (χ1) is 7.09. The highest BCUT2D eigenvalue weighted by Crippen LogP contribution is 2.08. The molecule has 0 amide bonds. The predicted octanol–water partition coefficient (Wildman–Crippen LogP) is 1.37. The normalized spacial score (nSPS) is 10.2. The van der Waals surface area contributed by atoms with Gasteiger partial charge in [-0.05, 0) is 24.3 Å². The summed E-state index contributed by atoms with van der Waals surface area (Å²) in [7, 11) is 0. The zero-order valence-corrected chi connectivity index (χ0v) is 8.10. The van der Waals surface area contributed by atoms with Crippen molar-refractivity contribution in [3.63, 3.8) is 0 Å². The summed E-state index contributed by atoms with van der Waals surface area (Å²) in [5, 5.41) is 12.3. The first-order valence-corrected chi connectivity index (χ1v) is 4.22. The van der Waals surface area contributed by atoms with Gasteiger partial charge in [-0.3, -0.25) is 10.2 Å². The van der Waals surface area contributed by atoms with Gasteiger partial charge in [-0.15, -0.1) is 0 Å². The Bertz CT molecular complexity index is 396. The first-order valence-electron chi connectivity index (χ1n) is 4.22. The molecule has 1 rings (SSSR count). The Hall–Kier alpha value is -2.17. The lowest BCUT2D eigenvalue weighted by molar-refractivity contribution is -0.110. The second kappa shape index (κ2) is 4.90. The molecule has 0 heterocycles. The van der Waals surface area contributed by atoms with E-state index in [1.807, 2.05) is 0 Å². The highest BCUT2D eigenvalue weighted by atomic mass is 16.4. The van der Waals surface area contributed by atoms with Gasteiger partial charge in [0.2, 0.25) is 0 Å². The van der Waals surface area contributed by atoms with E-state index in [0.717, 1.165) is 6.21 Å². The third kappa shape index (κ3) is 3.60. The predicted molar refractivity (Wildman–Crippen MR) is 56.2 cm³/mol. The Morgan fingerprint density at radius 3 is 2.40 bits per heavy atom. The number of carbonyl (C=O) groups is 2. The molecule has 0 aromatic heterocycles. The van der Waals surface area contributed by atoms with Crippen LogP contribution in [0.5, 0.6) is 0 Å². The number of hydrogen-bond donors (Lipinski definition) is 2. The summed E-state index contributed by atoms with van der Waals surface area (Å²) in [6, 6.07) is 6.05. The molecule has 0 unspecified atom stereocenters. The number of aromatic carboxylic acids is 1. The second-order valence-corrected chi connectivity index (χ2v) is 2.86. The lowest BCUT2D eigenvalue weighted by Gasteiger charge is -1.99. The molecule has 5 heteroatoms. The molecule has 0 aliphatic heterocycles. The maximum absolute atomic E-state index is 10.5. The molecule has 1 aromatic rings. The summed E-state index contributed by atoms with van der Waals surface area (Å²) >= 11 is 0. The molecule has 0 bridgehead atoms. The van der Waals surface area contributed by atoms with E-state index >= 15 is 0 Å². The molecule has 0 saturated carbocycles. The highest BCUT2D eigenvalue weighted by Gasteiger charge is 2.00. The number of nitrogens with zero attached hydrogens (tertiary/aromatic N) is 1. The van der Waals surface area contributed by atoms with Crippen molar-refractivity contribution in [1.82, 2.24) is 0 Å². The number of nitrogens with one attached hydrogen (secondary N) is 1. The minimum absolute atomic E-state index is 0.162. The fraction of sp³-hybridized carbons (Fsp3) is 0.100. The Balaban J connectivity index is 2.65. The van der Waals surface area contributed by atoms with E-state index in [-0.39, 0.29) is 11.3 Å². The number of benzene rings is 1. The average Bonchev–Trinajstić information content (AvgIpc) is 2.18. The van der Waals surface area contributed by atoms with E-state index in [1.54, 1.807) is 12.1 Å². The Labute approximate surface area is 86.4 Å². The van der Waals surface area contributed by atoms with Crippen molar-refractivity contribution in [3.8, 4) is 0 Å². The fourth-order valence-corrected chi connectivity index (χ4v) is 0.885. The van der Waals surface area contributed by atoms with E-state index in [1.165, 1.54) is 19.1 Å². The number of hydrogen-bond acceptors (Lipinski definition) is 4. The number of carbonyl (C=O) groups excluding carboxylic acids is 1. The first kappa shape index (κ1) is 10.9. The van der Waals surface area contributed by atoms with E-state index in [9.17, 15) is 9.59 Å². The molecule has 2 N–H and O–H groups in total. The van der Waals surface area contributed by atoms with E-state index in [4.69, 9.17) is 5.11 Å². The van der Waals surface area contributed by atoms with Crippen LogP contribution in [-0.4, -0.2) is 23.1 Å². The van der Waals surface area contributed by atoms with E-state index in [2.05, 4.69) is 10.5 Å². The molecule has 0 aliphatic rings. The minimum Gasteiger partial charge on any atom is -0.478 e. The molecule has 0 fully saturated rings. The summed E-state index contributed by atoms with van der Waals surface area (Å²) in [4.78, 5) is 21.0. The smallest absolute Gasteiger partial charge is 0.335 e. The van der Waals surface area contributed by atoms with Gasteiger partial charge in [-0.1, -0.05) is 0 Å². The van der Waals surface area contributed by atoms with E-state index in [0.29, 0.717) is 5.69 Å². The summed E-state index contributed by atoms with van der Waals surface area (Å²) in [5.74, 6) is -1.14. The maximum atomic E-state index is 10.5. The van der Waals surface area contributed by atoms with Crippen LogP contribution >= 0.6 is 0 Å². The lowest BCUT2D eigenvalue weighted by atomic mass is 10.2. The lowest BCUT2D eigenvalue weighted by Crippen LogP contribution is -1.97. The third-order valence-corrected chi connectivity index (χ3v) is 1.57. The topological polar surface area (TPSA) is 78.8 Å².